The maximum absolute atomic E-state index is 12.3. The summed E-state index contributed by atoms with van der Waals surface area (Å²) in [6, 6.07) is 6.85. The molecule has 5 heteroatoms. The van der Waals surface area contributed by atoms with Gasteiger partial charge in [-0.05, 0) is 37.8 Å². The van der Waals surface area contributed by atoms with Gasteiger partial charge in [0.1, 0.15) is 17.0 Å². The SMILES string of the molecule is Cc1ccc([S@](=O)N2C(C(=O)O)C2C2CC2)cc1. The number of carboxylic acids is 1. The van der Waals surface area contributed by atoms with Crippen molar-refractivity contribution in [3.63, 3.8) is 0 Å². The maximum Gasteiger partial charge on any atom is 0.323 e. The molecule has 1 aromatic carbocycles. The Bertz CT molecular complexity index is 509. The molecule has 1 aromatic rings. The van der Waals surface area contributed by atoms with Crippen LogP contribution in [0.25, 0.3) is 0 Å². The van der Waals surface area contributed by atoms with Crippen LogP contribution in [0.1, 0.15) is 18.4 Å². The largest absolute Gasteiger partial charge is 0.480 e. The molecule has 96 valence electrons. The first kappa shape index (κ1) is 11.9. The van der Waals surface area contributed by atoms with E-state index in [1.54, 1.807) is 4.31 Å². The van der Waals surface area contributed by atoms with Crippen molar-refractivity contribution in [1.29, 1.82) is 0 Å². The van der Waals surface area contributed by atoms with Crippen molar-refractivity contribution in [2.45, 2.75) is 36.7 Å². The van der Waals surface area contributed by atoms with Crippen LogP contribution in [0.5, 0.6) is 0 Å². The predicted octanol–water partition coefficient (Wildman–Crippen LogP) is 1.57. The third kappa shape index (κ3) is 1.97. The highest BCUT2D eigenvalue weighted by molar-refractivity contribution is 7.83. The average Bonchev–Trinajstić information content (AvgIpc) is 3.20. The van der Waals surface area contributed by atoms with Gasteiger partial charge in [0.15, 0.2) is 0 Å². The van der Waals surface area contributed by atoms with E-state index in [0.717, 1.165) is 18.4 Å². The lowest BCUT2D eigenvalue weighted by atomic mass is 10.2. The van der Waals surface area contributed by atoms with E-state index in [2.05, 4.69) is 0 Å². The number of nitrogens with zero attached hydrogens (tertiary/aromatic N) is 1. The molecule has 1 aliphatic carbocycles. The van der Waals surface area contributed by atoms with Crippen LogP contribution in [-0.4, -0.2) is 31.7 Å². The average molecular weight is 265 g/mol. The minimum atomic E-state index is -1.34. The van der Waals surface area contributed by atoms with E-state index in [4.69, 9.17) is 5.11 Å². The van der Waals surface area contributed by atoms with Crippen LogP contribution >= 0.6 is 0 Å². The molecule has 1 saturated heterocycles. The Hall–Kier alpha value is -1.20. The van der Waals surface area contributed by atoms with Crippen LogP contribution in [0.4, 0.5) is 0 Å². The van der Waals surface area contributed by atoms with Gasteiger partial charge in [0.2, 0.25) is 0 Å². The van der Waals surface area contributed by atoms with Gasteiger partial charge in [-0.15, -0.1) is 0 Å². The van der Waals surface area contributed by atoms with E-state index < -0.39 is 23.0 Å². The molecule has 18 heavy (non-hydrogen) atoms. The Balaban J connectivity index is 1.80. The maximum atomic E-state index is 12.3. The van der Waals surface area contributed by atoms with Crippen molar-refractivity contribution in [2.24, 2.45) is 5.92 Å². The molecule has 1 heterocycles. The Labute approximate surface area is 108 Å². The van der Waals surface area contributed by atoms with Gasteiger partial charge >= 0.3 is 5.97 Å². The number of carboxylic acid groups (broad SMARTS) is 1. The summed E-state index contributed by atoms with van der Waals surface area (Å²) in [5.74, 6) is -0.423. The summed E-state index contributed by atoms with van der Waals surface area (Å²) in [5, 5.41) is 9.13. The Kier molecular flexibility index (Phi) is 2.75. The molecule has 1 N–H and O–H groups in total. The van der Waals surface area contributed by atoms with Crippen molar-refractivity contribution in [3.05, 3.63) is 29.8 Å². The summed E-state index contributed by atoms with van der Waals surface area (Å²) in [6.45, 7) is 1.97. The summed E-state index contributed by atoms with van der Waals surface area (Å²) in [7, 11) is -1.34. The second kappa shape index (κ2) is 4.17. The molecule has 4 atom stereocenters. The molecule has 0 spiro atoms. The van der Waals surface area contributed by atoms with Crippen molar-refractivity contribution in [3.8, 4) is 0 Å². The topological polar surface area (TPSA) is 57.4 Å². The molecule has 0 amide bonds. The van der Waals surface area contributed by atoms with E-state index in [-0.39, 0.29) is 6.04 Å². The summed E-state index contributed by atoms with van der Waals surface area (Å²) in [5.41, 5.74) is 1.11. The number of aliphatic carboxylic acids is 1. The third-order valence-electron chi connectivity index (χ3n) is 3.57. The minimum Gasteiger partial charge on any atom is -0.480 e. The lowest BCUT2D eigenvalue weighted by Gasteiger charge is -2.04. The van der Waals surface area contributed by atoms with E-state index >= 15 is 0 Å². The molecule has 0 aromatic heterocycles. The molecule has 3 unspecified atom stereocenters. The van der Waals surface area contributed by atoms with Gasteiger partial charge in [-0.1, -0.05) is 17.7 Å². The molecule has 2 aliphatic rings. The van der Waals surface area contributed by atoms with Crippen molar-refractivity contribution < 1.29 is 14.1 Å². The van der Waals surface area contributed by atoms with Crippen LogP contribution in [0, 0.1) is 12.8 Å². The van der Waals surface area contributed by atoms with Gasteiger partial charge in [0.05, 0.1) is 10.9 Å². The Morgan fingerprint density at radius 3 is 2.44 bits per heavy atom. The van der Waals surface area contributed by atoms with Gasteiger partial charge in [-0.25, -0.2) is 4.21 Å². The molecular formula is C13H15NO3S. The fourth-order valence-corrected chi connectivity index (χ4v) is 3.86. The van der Waals surface area contributed by atoms with Crippen molar-refractivity contribution >= 4 is 17.0 Å². The van der Waals surface area contributed by atoms with E-state index in [0.29, 0.717) is 10.8 Å². The third-order valence-corrected chi connectivity index (χ3v) is 5.10. The molecule has 4 nitrogen and oxygen atoms in total. The predicted molar refractivity (Wildman–Crippen MR) is 67.4 cm³/mol. The van der Waals surface area contributed by atoms with Gasteiger partial charge in [-0.3, -0.25) is 4.79 Å². The van der Waals surface area contributed by atoms with Gasteiger partial charge < -0.3 is 5.11 Å². The van der Waals surface area contributed by atoms with Crippen LogP contribution in [0.15, 0.2) is 29.2 Å². The van der Waals surface area contributed by atoms with E-state index in [9.17, 15) is 9.00 Å². The number of aryl methyl sites for hydroxylation is 1. The zero-order valence-corrected chi connectivity index (χ0v) is 10.9. The fraction of sp³-hybridized carbons (Fsp3) is 0.462. The molecule has 1 saturated carbocycles. The van der Waals surface area contributed by atoms with Crippen LogP contribution in [0.2, 0.25) is 0 Å². The Morgan fingerprint density at radius 1 is 1.33 bits per heavy atom. The smallest absolute Gasteiger partial charge is 0.323 e. The minimum absolute atomic E-state index is 0.0235. The number of benzene rings is 1. The molecule has 3 rings (SSSR count). The first-order valence-corrected chi connectivity index (χ1v) is 7.20. The number of hydrogen-bond acceptors (Lipinski definition) is 2. The normalized spacial score (nSPS) is 31.9. The molecule has 0 radical (unpaired) electrons. The summed E-state index contributed by atoms with van der Waals surface area (Å²) in [6.07, 6.45) is 2.13. The number of rotatable bonds is 4. The van der Waals surface area contributed by atoms with Gasteiger partial charge in [-0.2, -0.15) is 4.31 Å². The quantitative estimate of drug-likeness (QED) is 0.841. The second-order valence-electron chi connectivity index (χ2n) is 5.03. The Morgan fingerprint density at radius 2 is 1.94 bits per heavy atom. The zero-order chi connectivity index (χ0) is 12.9. The highest BCUT2D eigenvalue weighted by atomic mass is 32.2. The monoisotopic (exact) mass is 265 g/mol. The van der Waals surface area contributed by atoms with Crippen LogP contribution < -0.4 is 0 Å². The molecular weight excluding hydrogens is 250 g/mol. The number of hydrogen-bond donors (Lipinski definition) is 1. The highest BCUT2D eigenvalue weighted by Gasteiger charge is 2.62. The molecule has 2 fully saturated rings. The summed E-state index contributed by atoms with van der Waals surface area (Å²) >= 11 is 0. The highest BCUT2D eigenvalue weighted by Crippen LogP contribution is 2.48. The first-order chi connectivity index (χ1) is 8.59. The van der Waals surface area contributed by atoms with Crippen molar-refractivity contribution in [1.82, 2.24) is 4.31 Å². The second-order valence-corrected chi connectivity index (χ2v) is 6.42. The van der Waals surface area contributed by atoms with E-state index in [1.165, 1.54) is 0 Å². The zero-order valence-electron chi connectivity index (χ0n) is 10.1. The summed E-state index contributed by atoms with van der Waals surface area (Å²) in [4.78, 5) is 11.8. The fourth-order valence-electron chi connectivity index (χ4n) is 2.38. The van der Waals surface area contributed by atoms with Crippen LogP contribution in [0.3, 0.4) is 0 Å². The van der Waals surface area contributed by atoms with E-state index in [1.807, 2.05) is 31.2 Å². The standard InChI is InChI=1S/C13H15NO3S/c1-8-2-6-10(7-3-8)18(17)14-11(9-4-5-9)12(14)13(15)16/h2-3,6-7,9,11-12H,4-5H2,1H3,(H,15,16)/t11?,12?,14?,18-/m0/s1. The first-order valence-electron chi connectivity index (χ1n) is 6.09. The number of carbonyl (C=O) groups is 1. The molecule has 1 aliphatic heterocycles. The van der Waals surface area contributed by atoms with Crippen LogP contribution in [-0.2, 0) is 15.8 Å². The summed E-state index contributed by atoms with van der Waals surface area (Å²) < 4.78 is 14.0. The lowest BCUT2D eigenvalue weighted by Crippen LogP contribution is -2.14. The van der Waals surface area contributed by atoms with Gasteiger partial charge in [0.25, 0.3) is 0 Å². The van der Waals surface area contributed by atoms with Gasteiger partial charge in [0, 0.05) is 0 Å². The van der Waals surface area contributed by atoms with Crippen molar-refractivity contribution in [2.75, 3.05) is 0 Å². The lowest BCUT2D eigenvalue weighted by molar-refractivity contribution is -0.137. The molecule has 0 bridgehead atoms.